The highest BCUT2D eigenvalue weighted by molar-refractivity contribution is 5.40. The van der Waals surface area contributed by atoms with Gasteiger partial charge in [0, 0.05) is 0 Å². The molecule has 0 spiro atoms. The Morgan fingerprint density at radius 2 is 0.893 bits per heavy atom. The highest BCUT2D eigenvalue weighted by Gasteiger charge is 2.01. The summed E-state index contributed by atoms with van der Waals surface area (Å²) in [4.78, 5) is 15.0. The smallest absolute Gasteiger partial charge is 0.00257 e. The van der Waals surface area contributed by atoms with E-state index in [0.717, 1.165) is 37.1 Å². The fraction of sp³-hybridized carbons (Fsp3) is 0.286. The van der Waals surface area contributed by atoms with Gasteiger partial charge in [-0.15, -0.1) is 0 Å². The molecule has 0 bridgehead atoms. The summed E-state index contributed by atoms with van der Waals surface area (Å²) < 4.78 is 0. The molecule has 0 saturated heterocycles. The molecule has 0 amide bonds. The summed E-state index contributed by atoms with van der Waals surface area (Å²) in [6.45, 7) is 4.53. The first-order valence-electron chi connectivity index (χ1n) is 9.38. The highest BCUT2D eigenvalue weighted by atomic mass is 15.2. The summed E-state index contributed by atoms with van der Waals surface area (Å²) >= 11 is 0. The molecule has 0 atom stereocenters. The van der Waals surface area contributed by atoms with Crippen molar-refractivity contribution in [3.05, 3.63) is 89.1 Å². The third kappa shape index (κ3) is 7.20. The molecule has 3 aromatic heterocycles. The monoisotopic (exact) mass is 374 g/mol. The number of aromatic nitrogens is 3. The van der Waals surface area contributed by atoms with Gasteiger partial charge in [0.2, 0.25) is 0 Å². The summed E-state index contributed by atoms with van der Waals surface area (Å²) in [5, 5.41) is 13.6. The average molecular weight is 374 g/mol. The number of pyridine rings is 3. The van der Waals surface area contributed by atoms with Gasteiger partial charge in [-0.05, 0) is 39.3 Å². The normalized spacial score (nSPS) is 10.6. The quantitative estimate of drug-likeness (QED) is 0.464. The number of rotatable bonds is 12. The summed E-state index contributed by atoms with van der Waals surface area (Å²) in [6.07, 6.45) is 5.27. The van der Waals surface area contributed by atoms with Gasteiger partial charge in [-0.25, -0.2) is 0 Å². The van der Waals surface area contributed by atoms with Crippen LogP contribution in [0.3, 0.4) is 0 Å². The summed E-state index contributed by atoms with van der Waals surface area (Å²) in [7, 11) is 0. The molecule has 0 radical (unpaired) electrons. The SMILES string of the molecule is c1ccc([N-]CCN(CC[N-]c2ccccn2)CC[N-]c2ccccn2)nc1. The summed E-state index contributed by atoms with van der Waals surface area (Å²) in [6, 6.07) is 17.3. The molecule has 0 saturated carbocycles. The molecular weight excluding hydrogens is 350 g/mol. The van der Waals surface area contributed by atoms with E-state index < -0.39 is 0 Å². The molecule has 3 rings (SSSR count). The summed E-state index contributed by atoms with van der Waals surface area (Å²) in [5.41, 5.74) is 0. The maximum Gasteiger partial charge on any atom is -0.00257 e. The van der Waals surface area contributed by atoms with Gasteiger partial charge in [0.15, 0.2) is 0 Å². The first-order valence-corrected chi connectivity index (χ1v) is 9.38. The van der Waals surface area contributed by atoms with Gasteiger partial charge in [-0.3, -0.25) is 0 Å². The van der Waals surface area contributed by atoms with Crippen LogP contribution in [0, 0.1) is 0 Å². The zero-order valence-corrected chi connectivity index (χ0v) is 15.8. The number of hydrogen-bond acceptors (Lipinski definition) is 4. The van der Waals surface area contributed by atoms with Crippen molar-refractivity contribution < 1.29 is 0 Å². The summed E-state index contributed by atoms with van der Waals surface area (Å²) in [5.74, 6) is 2.29. The molecule has 0 N–H and O–H groups in total. The van der Waals surface area contributed by atoms with Crippen LogP contribution >= 0.6 is 0 Å². The Kier molecular flexibility index (Phi) is 8.04. The molecule has 0 fully saturated rings. The Morgan fingerprint density at radius 1 is 0.536 bits per heavy atom. The van der Waals surface area contributed by atoms with Crippen LogP contribution in [0.4, 0.5) is 17.5 Å². The van der Waals surface area contributed by atoms with Crippen LogP contribution in [0.2, 0.25) is 0 Å². The highest BCUT2D eigenvalue weighted by Crippen LogP contribution is 2.15. The molecule has 0 aliphatic carbocycles. The van der Waals surface area contributed by atoms with Gasteiger partial charge in [0.1, 0.15) is 0 Å². The fourth-order valence-electron chi connectivity index (χ4n) is 2.60. The van der Waals surface area contributed by atoms with Crippen LogP contribution < -0.4 is 0 Å². The van der Waals surface area contributed by atoms with Crippen LogP contribution in [-0.2, 0) is 0 Å². The van der Waals surface area contributed by atoms with Crippen molar-refractivity contribution in [2.75, 3.05) is 39.3 Å². The minimum absolute atomic E-state index is 0.685. The van der Waals surface area contributed by atoms with E-state index in [1.807, 2.05) is 54.6 Å². The van der Waals surface area contributed by atoms with Crippen molar-refractivity contribution >= 4 is 17.5 Å². The average Bonchev–Trinajstić information content (AvgIpc) is 2.76. The molecule has 7 nitrogen and oxygen atoms in total. The van der Waals surface area contributed by atoms with E-state index in [4.69, 9.17) is 0 Å². The Morgan fingerprint density at radius 3 is 1.18 bits per heavy atom. The lowest BCUT2D eigenvalue weighted by atomic mass is 10.4. The second-order valence-electron chi connectivity index (χ2n) is 6.05. The minimum Gasteiger partial charge on any atom is -0.464 e. The molecule has 0 aliphatic heterocycles. The van der Waals surface area contributed by atoms with Gasteiger partial charge < -0.3 is 35.8 Å². The molecule has 7 heteroatoms. The first-order chi connectivity index (χ1) is 13.9. The third-order valence-corrected chi connectivity index (χ3v) is 4.02. The van der Waals surface area contributed by atoms with E-state index in [9.17, 15) is 0 Å². The van der Waals surface area contributed by atoms with Gasteiger partial charge >= 0.3 is 0 Å². The third-order valence-electron chi connectivity index (χ3n) is 4.02. The molecule has 146 valence electrons. The van der Waals surface area contributed by atoms with Crippen molar-refractivity contribution in [2.24, 2.45) is 0 Å². The zero-order valence-electron chi connectivity index (χ0n) is 15.8. The number of hydrogen-bond donors (Lipinski definition) is 0. The lowest BCUT2D eigenvalue weighted by Crippen LogP contribution is -2.31. The van der Waals surface area contributed by atoms with Crippen molar-refractivity contribution in [1.29, 1.82) is 0 Å². The standard InChI is InChI=1S/C21H24N7/c1-4-10-22-19(7-1)25-13-16-28(17-14-26-20-8-2-5-11-23-20)18-15-27-21-9-3-6-12-24-21/h1-12H,13-18H2/q-3. The molecule has 0 aromatic carbocycles. The molecule has 3 aromatic rings. The van der Waals surface area contributed by atoms with Crippen molar-refractivity contribution in [3.8, 4) is 0 Å². The van der Waals surface area contributed by atoms with Crippen LogP contribution in [0.15, 0.2) is 73.2 Å². The van der Waals surface area contributed by atoms with E-state index in [0.29, 0.717) is 19.6 Å². The molecule has 3 heterocycles. The van der Waals surface area contributed by atoms with Gasteiger partial charge in [0.25, 0.3) is 0 Å². The van der Waals surface area contributed by atoms with E-state index >= 15 is 0 Å². The second kappa shape index (κ2) is 11.5. The van der Waals surface area contributed by atoms with Gasteiger partial charge in [-0.1, -0.05) is 90.6 Å². The molecule has 0 unspecified atom stereocenters. The van der Waals surface area contributed by atoms with Crippen LogP contribution in [0.5, 0.6) is 0 Å². The van der Waals surface area contributed by atoms with E-state index in [1.165, 1.54) is 0 Å². The minimum atomic E-state index is 0.685. The molecule has 0 aliphatic rings. The van der Waals surface area contributed by atoms with E-state index in [1.54, 1.807) is 18.6 Å². The number of nitrogens with zero attached hydrogens (tertiary/aromatic N) is 7. The van der Waals surface area contributed by atoms with Crippen LogP contribution in [0.25, 0.3) is 16.0 Å². The largest absolute Gasteiger partial charge is 0.464 e. The Bertz CT molecular complexity index is 660. The molecular formula is C21H24N7-3. The van der Waals surface area contributed by atoms with E-state index in [-0.39, 0.29) is 0 Å². The maximum absolute atomic E-state index is 4.54. The molecule has 28 heavy (non-hydrogen) atoms. The van der Waals surface area contributed by atoms with E-state index in [2.05, 4.69) is 35.8 Å². The van der Waals surface area contributed by atoms with Crippen molar-refractivity contribution in [3.63, 3.8) is 0 Å². The first kappa shape index (κ1) is 19.6. The van der Waals surface area contributed by atoms with Crippen LogP contribution in [-0.4, -0.2) is 59.1 Å². The van der Waals surface area contributed by atoms with Crippen molar-refractivity contribution in [2.45, 2.75) is 0 Å². The predicted molar refractivity (Wildman–Crippen MR) is 113 cm³/mol. The van der Waals surface area contributed by atoms with Gasteiger partial charge in [-0.2, -0.15) is 0 Å². The fourth-order valence-corrected chi connectivity index (χ4v) is 2.60. The Hall–Kier alpha value is -3.19. The van der Waals surface area contributed by atoms with Gasteiger partial charge in [0.05, 0.1) is 0 Å². The lowest BCUT2D eigenvalue weighted by molar-refractivity contribution is 0.311. The lowest BCUT2D eigenvalue weighted by Gasteiger charge is -2.28. The van der Waals surface area contributed by atoms with Crippen LogP contribution in [0.1, 0.15) is 0 Å². The second-order valence-corrected chi connectivity index (χ2v) is 6.05. The topological polar surface area (TPSA) is 84.2 Å². The zero-order chi connectivity index (χ0) is 19.3. The predicted octanol–water partition coefficient (Wildman–Crippen LogP) is 4.59. The van der Waals surface area contributed by atoms with Crippen molar-refractivity contribution in [1.82, 2.24) is 19.9 Å². The Labute approximate surface area is 166 Å². The maximum atomic E-state index is 4.54. The Balaban J connectivity index is 1.44.